The van der Waals surface area contributed by atoms with Crippen molar-refractivity contribution in [3.05, 3.63) is 29.3 Å². The fourth-order valence-electron chi connectivity index (χ4n) is 2.52. The van der Waals surface area contributed by atoms with Gasteiger partial charge >= 0.3 is 5.97 Å². The maximum absolute atomic E-state index is 12.8. The van der Waals surface area contributed by atoms with E-state index in [0.29, 0.717) is 16.9 Å². The quantitative estimate of drug-likeness (QED) is 0.896. The monoisotopic (exact) mass is 309 g/mol. The molecule has 0 radical (unpaired) electrons. The number of carbonyl (C=O) groups is 2. The van der Waals surface area contributed by atoms with Gasteiger partial charge in [0, 0.05) is 11.3 Å². The van der Waals surface area contributed by atoms with E-state index in [2.05, 4.69) is 0 Å². The Bertz CT molecular complexity index is 573. The number of aryl methyl sites for hydroxylation is 1. The summed E-state index contributed by atoms with van der Waals surface area (Å²) < 4.78 is 0. The molecule has 2 N–H and O–H groups in total. The van der Waals surface area contributed by atoms with Gasteiger partial charge in [-0.2, -0.15) is 0 Å². The summed E-state index contributed by atoms with van der Waals surface area (Å²) in [4.78, 5) is 25.7. The molecule has 1 amide bonds. The second kappa shape index (κ2) is 5.97. The number of hydrogen-bond acceptors (Lipinski definition) is 4. The predicted octanol–water partition coefficient (Wildman–Crippen LogP) is 2.32. The molecule has 2 unspecified atom stereocenters. The number of benzene rings is 1. The molecule has 6 heteroatoms. The number of amides is 1. The molecule has 1 aliphatic rings. The van der Waals surface area contributed by atoms with Crippen molar-refractivity contribution >= 4 is 23.6 Å². The summed E-state index contributed by atoms with van der Waals surface area (Å²) in [5.74, 6) is -0.601. The number of thioether (sulfide) groups is 1. The van der Waals surface area contributed by atoms with Crippen LogP contribution < -0.4 is 0 Å². The fraction of sp³-hybridized carbons (Fsp3) is 0.467. The molecule has 5 nitrogen and oxygen atoms in total. The number of aliphatic carboxylic acids is 1. The van der Waals surface area contributed by atoms with Gasteiger partial charge in [-0.15, -0.1) is 11.8 Å². The highest BCUT2D eigenvalue weighted by Crippen LogP contribution is 2.35. The lowest BCUT2D eigenvalue weighted by Crippen LogP contribution is -2.47. The lowest BCUT2D eigenvalue weighted by molar-refractivity contribution is -0.141. The second-order valence-corrected chi connectivity index (χ2v) is 6.68. The van der Waals surface area contributed by atoms with E-state index in [1.807, 2.05) is 13.8 Å². The van der Waals surface area contributed by atoms with Crippen LogP contribution in [0.2, 0.25) is 0 Å². The van der Waals surface area contributed by atoms with Crippen molar-refractivity contribution in [2.45, 2.75) is 32.2 Å². The maximum atomic E-state index is 12.8. The minimum Gasteiger partial charge on any atom is -0.508 e. The van der Waals surface area contributed by atoms with Gasteiger partial charge in [0.05, 0.1) is 5.37 Å². The number of phenols is 1. The highest BCUT2D eigenvalue weighted by Gasteiger charge is 2.43. The molecule has 2 atom stereocenters. The van der Waals surface area contributed by atoms with Crippen LogP contribution in [-0.2, 0) is 4.79 Å². The zero-order chi connectivity index (χ0) is 15.7. The topological polar surface area (TPSA) is 77.8 Å². The van der Waals surface area contributed by atoms with Gasteiger partial charge in [0.1, 0.15) is 11.8 Å². The molecule has 1 fully saturated rings. The van der Waals surface area contributed by atoms with Crippen LogP contribution in [0.5, 0.6) is 5.75 Å². The number of carboxylic acid groups (broad SMARTS) is 1. The summed E-state index contributed by atoms with van der Waals surface area (Å²) in [6.07, 6.45) is 0. The van der Waals surface area contributed by atoms with Crippen LogP contribution in [0.3, 0.4) is 0 Å². The Labute approximate surface area is 128 Å². The smallest absolute Gasteiger partial charge is 0.327 e. The molecule has 0 bridgehead atoms. The summed E-state index contributed by atoms with van der Waals surface area (Å²) in [5.41, 5.74) is 1.08. The summed E-state index contributed by atoms with van der Waals surface area (Å²) >= 11 is 1.50. The lowest BCUT2D eigenvalue weighted by Gasteiger charge is -2.30. The van der Waals surface area contributed by atoms with Gasteiger partial charge in [-0.05, 0) is 36.6 Å². The minimum atomic E-state index is -0.976. The van der Waals surface area contributed by atoms with Crippen LogP contribution in [0.1, 0.15) is 29.8 Å². The Morgan fingerprint density at radius 2 is 2.05 bits per heavy atom. The van der Waals surface area contributed by atoms with Crippen molar-refractivity contribution < 1.29 is 19.8 Å². The van der Waals surface area contributed by atoms with Gasteiger partial charge in [0.2, 0.25) is 0 Å². The summed E-state index contributed by atoms with van der Waals surface area (Å²) in [5, 5.41) is 18.6. The van der Waals surface area contributed by atoms with Gasteiger partial charge in [-0.1, -0.05) is 13.8 Å². The molecular weight excluding hydrogens is 290 g/mol. The number of phenolic OH excluding ortho intramolecular Hbond substituents is 1. The van der Waals surface area contributed by atoms with Gasteiger partial charge in [0.25, 0.3) is 5.91 Å². The van der Waals surface area contributed by atoms with Crippen molar-refractivity contribution in [3.63, 3.8) is 0 Å². The molecule has 1 heterocycles. The molecule has 1 aromatic rings. The number of nitrogens with zero attached hydrogens (tertiary/aromatic N) is 1. The first-order valence-electron chi connectivity index (χ1n) is 6.79. The van der Waals surface area contributed by atoms with Gasteiger partial charge in [-0.25, -0.2) is 4.79 Å². The van der Waals surface area contributed by atoms with Gasteiger partial charge < -0.3 is 15.1 Å². The van der Waals surface area contributed by atoms with Crippen LogP contribution in [0.4, 0.5) is 0 Å². The molecule has 2 rings (SSSR count). The molecule has 0 saturated carbocycles. The Hall–Kier alpha value is -1.69. The van der Waals surface area contributed by atoms with Crippen LogP contribution in [0, 0.1) is 12.8 Å². The van der Waals surface area contributed by atoms with E-state index in [1.54, 1.807) is 13.0 Å². The van der Waals surface area contributed by atoms with Crippen LogP contribution >= 0.6 is 11.8 Å². The zero-order valence-electron chi connectivity index (χ0n) is 12.2. The second-order valence-electron chi connectivity index (χ2n) is 5.53. The lowest BCUT2D eigenvalue weighted by atomic mass is 10.0. The van der Waals surface area contributed by atoms with Crippen molar-refractivity contribution in [1.29, 1.82) is 0 Å². The van der Waals surface area contributed by atoms with Crippen LogP contribution in [0.15, 0.2) is 18.2 Å². The van der Waals surface area contributed by atoms with E-state index in [1.165, 1.54) is 28.8 Å². The zero-order valence-corrected chi connectivity index (χ0v) is 13.1. The Morgan fingerprint density at radius 1 is 1.38 bits per heavy atom. The molecule has 1 aromatic carbocycles. The third-order valence-corrected chi connectivity index (χ3v) is 5.19. The number of hydrogen-bond donors (Lipinski definition) is 2. The predicted molar refractivity (Wildman–Crippen MR) is 81.5 cm³/mol. The van der Waals surface area contributed by atoms with Crippen LogP contribution in [-0.4, -0.2) is 44.2 Å². The molecule has 0 aromatic heterocycles. The number of carboxylic acids is 1. The molecular formula is C15H19NO4S. The number of carbonyl (C=O) groups excluding carboxylic acids is 1. The van der Waals surface area contributed by atoms with E-state index in [-0.39, 0.29) is 22.9 Å². The van der Waals surface area contributed by atoms with Crippen molar-refractivity contribution in [2.75, 3.05) is 5.75 Å². The van der Waals surface area contributed by atoms with Crippen molar-refractivity contribution in [1.82, 2.24) is 4.90 Å². The fourth-order valence-corrected chi connectivity index (χ4v) is 3.99. The van der Waals surface area contributed by atoms with E-state index < -0.39 is 12.0 Å². The molecule has 0 spiro atoms. The van der Waals surface area contributed by atoms with Gasteiger partial charge in [0.15, 0.2) is 0 Å². The third-order valence-electron chi connectivity index (χ3n) is 3.57. The van der Waals surface area contributed by atoms with E-state index in [0.717, 1.165) is 0 Å². The largest absolute Gasteiger partial charge is 0.508 e. The maximum Gasteiger partial charge on any atom is 0.327 e. The Morgan fingerprint density at radius 3 is 2.57 bits per heavy atom. The average Bonchev–Trinajstić information content (AvgIpc) is 2.82. The van der Waals surface area contributed by atoms with Crippen molar-refractivity contribution in [3.8, 4) is 5.75 Å². The normalized spacial score (nSPS) is 21.8. The highest BCUT2D eigenvalue weighted by molar-refractivity contribution is 8.00. The Balaban J connectivity index is 2.39. The van der Waals surface area contributed by atoms with E-state index in [4.69, 9.17) is 0 Å². The molecule has 0 aliphatic carbocycles. The first kappa shape index (κ1) is 15.7. The first-order chi connectivity index (χ1) is 9.82. The SMILES string of the molecule is Cc1cc(O)ccc1C(=O)N1C(C(=O)O)CSC1C(C)C. The Kier molecular flexibility index (Phi) is 4.46. The first-order valence-corrected chi connectivity index (χ1v) is 7.84. The standard InChI is InChI=1S/C15H19NO4S/c1-8(2)14-16(12(7-21-14)15(19)20)13(18)11-5-4-10(17)6-9(11)3/h4-6,8,12,14,17H,7H2,1-3H3,(H,19,20). The molecule has 1 aliphatic heterocycles. The third kappa shape index (κ3) is 3.00. The minimum absolute atomic E-state index is 0.0926. The summed E-state index contributed by atoms with van der Waals surface area (Å²) in [6.45, 7) is 5.69. The van der Waals surface area contributed by atoms with Crippen molar-refractivity contribution in [2.24, 2.45) is 5.92 Å². The summed E-state index contributed by atoms with van der Waals surface area (Å²) in [6, 6.07) is 3.70. The van der Waals surface area contributed by atoms with E-state index in [9.17, 15) is 19.8 Å². The summed E-state index contributed by atoms with van der Waals surface area (Å²) in [7, 11) is 0. The number of rotatable bonds is 3. The number of aromatic hydroxyl groups is 1. The van der Waals surface area contributed by atoms with E-state index >= 15 is 0 Å². The van der Waals surface area contributed by atoms with Gasteiger partial charge in [-0.3, -0.25) is 4.79 Å². The van der Waals surface area contributed by atoms with Crippen LogP contribution in [0.25, 0.3) is 0 Å². The highest BCUT2D eigenvalue weighted by atomic mass is 32.2. The average molecular weight is 309 g/mol. The molecule has 1 saturated heterocycles. The molecule has 114 valence electrons. The molecule has 21 heavy (non-hydrogen) atoms.